The molecule has 1 fully saturated rings. The third kappa shape index (κ3) is 2.13. The predicted molar refractivity (Wildman–Crippen MR) is 74.1 cm³/mol. The Morgan fingerprint density at radius 2 is 2.33 bits per heavy atom. The maximum Gasteiger partial charge on any atom is 0.245 e. The van der Waals surface area contributed by atoms with Crippen LogP contribution in [0.3, 0.4) is 0 Å². The number of nitrogens with one attached hydrogen (secondary N) is 2. The van der Waals surface area contributed by atoms with Gasteiger partial charge in [-0.3, -0.25) is 5.10 Å². The maximum atomic E-state index is 4.61. The molecule has 6 heteroatoms. The molecular weight excluding hydrogens is 246 g/mol. The van der Waals surface area contributed by atoms with Crippen molar-refractivity contribution < 1.29 is 0 Å². The van der Waals surface area contributed by atoms with Crippen LogP contribution in [0, 0.1) is 6.92 Å². The number of hydrogen-bond acceptors (Lipinski definition) is 5. The molecule has 18 heavy (non-hydrogen) atoms. The van der Waals surface area contributed by atoms with Crippen LogP contribution in [-0.2, 0) is 0 Å². The van der Waals surface area contributed by atoms with Crippen LogP contribution in [0.15, 0.2) is 10.8 Å². The highest BCUT2D eigenvalue weighted by Crippen LogP contribution is 2.25. The van der Waals surface area contributed by atoms with E-state index in [1.807, 2.05) is 0 Å². The number of rotatable bonds is 2. The molecule has 1 unspecified atom stereocenters. The average Bonchev–Trinajstić information content (AvgIpc) is 2.97. The molecule has 2 aromatic heterocycles. The number of nitrogens with zero attached hydrogens (tertiary/aromatic N) is 3. The molecule has 0 bridgehead atoms. The monoisotopic (exact) mass is 263 g/mol. The van der Waals surface area contributed by atoms with Crippen LogP contribution in [0.25, 0.3) is 11.4 Å². The van der Waals surface area contributed by atoms with Crippen molar-refractivity contribution in [3.05, 3.63) is 16.3 Å². The highest BCUT2D eigenvalue weighted by atomic mass is 32.1. The van der Waals surface area contributed by atoms with Crippen LogP contribution in [-0.4, -0.2) is 40.9 Å². The Balaban J connectivity index is 1.83. The Morgan fingerprint density at radius 3 is 3.06 bits per heavy atom. The second kappa shape index (κ2) is 4.70. The first kappa shape index (κ1) is 11.7. The zero-order valence-electron chi connectivity index (χ0n) is 10.6. The number of hydrogen-bond donors (Lipinski definition) is 2. The lowest BCUT2D eigenvalue weighted by molar-refractivity contribution is 0.480. The van der Waals surface area contributed by atoms with E-state index in [2.05, 4.69) is 50.0 Å². The molecule has 0 aromatic carbocycles. The standard InChI is InChI=1S/C12H17N5S/c1-8-6-18-7-10(8)11-14-12(16-15-11)17-4-3-13-9(2)5-17/h6-7,9,13H,3-5H2,1-2H3,(H,14,15,16). The predicted octanol–water partition coefficient (Wildman–Crippen LogP) is 1.64. The van der Waals surface area contributed by atoms with E-state index < -0.39 is 0 Å². The van der Waals surface area contributed by atoms with E-state index in [9.17, 15) is 0 Å². The van der Waals surface area contributed by atoms with E-state index in [0.29, 0.717) is 6.04 Å². The fraction of sp³-hybridized carbons (Fsp3) is 0.500. The Kier molecular flexibility index (Phi) is 3.05. The Hall–Kier alpha value is -1.40. The third-order valence-corrected chi connectivity index (χ3v) is 4.10. The molecule has 96 valence electrons. The van der Waals surface area contributed by atoms with Crippen LogP contribution < -0.4 is 10.2 Å². The summed E-state index contributed by atoms with van der Waals surface area (Å²) in [5.41, 5.74) is 2.40. The zero-order chi connectivity index (χ0) is 12.5. The topological polar surface area (TPSA) is 56.8 Å². The maximum absolute atomic E-state index is 4.61. The van der Waals surface area contributed by atoms with Gasteiger partial charge in [-0.2, -0.15) is 16.3 Å². The first-order chi connectivity index (χ1) is 8.74. The van der Waals surface area contributed by atoms with Crippen LogP contribution >= 0.6 is 11.3 Å². The molecule has 3 heterocycles. The molecule has 0 aliphatic carbocycles. The molecule has 0 radical (unpaired) electrons. The van der Waals surface area contributed by atoms with E-state index >= 15 is 0 Å². The quantitative estimate of drug-likeness (QED) is 0.865. The largest absolute Gasteiger partial charge is 0.337 e. The normalized spacial score (nSPS) is 20.3. The summed E-state index contributed by atoms with van der Waals surface area (Å²) in [5.74, 6) is 1.68. The van der Waals surface area contributed by atoms with Crippen LogP contribution in [0.5, 0.6) is 0 Å². The highest BCUT2D eigenvalue weighted by molar-refractivity contribution is 7.08. The van der Waals surface area contributed by atoms with Gasteiger partial charge in [0.15, 0.2) is 5.82 Å². The molecule has 1 aliphatic rings. The molecule has 0 spiro atoms. The minimum absolute atomic E-state index is 0.489. The summed E-state index contributed by atoms with van der Waals surface area (Å²) in [7, 11) is 0. The molecule has 3 rings (SSSR count). The first-order valence-corrected chi connectivity index (χ1v) is 7.12. The third-order valence-electron chi connectivity index (χ3n) is 3.24. The summed E-state index contributed by atoms with van der Waals surface area (Å²) in [4.78, 5) is 6.83. The molecule has 1 saturated heterocycles. The van der Waals surface area contributed by atoms with Crippen molar-refractivity contribution in [3.8, 4) is 11.4 Å². The van der Waals surface area contributed by atoms with Gasteiger partial charge in [-0.25, -0.2) is 0 Å². The van der Waals surface area contributed by atoms with E-state index in [-0.39, 0.29) is 0 Å². The minimum Gasteiger partial charge on any atom is -0.337 e. The number of anilines is 1. The van der Waals surface area contributed by atoms with Gasteiger partial charge in [0.2, 0.25) is 5.95 Å². The van der Waals surface area contributed by atoms with Crippen molar-refractivity contribution in [1.29, 1.82) is 0 Å². The zero-order valence-corrected chi connectivity index (χ0v) is 11.4. The molecule has 0 amide bonds. The number of aromatic nitrogens is 3. The summed E-state index contributed by atoms with van der Waals surface area (Å²) < 4.78 is 0. The summed E-state index contributed by atoms with van der Waals surface area (Å²) in [6.07, 6.45) is 0. The Bertz CT molecular complexity index is 532. The summed E-state index contributed by atoms with van der Waals surface area (Å²) in [6.45, 7) is 7.19. The smallest absolute Gasteiger partial charge is 0.245 e. The number of thiophene rings is 1. The van der Waals surface area contributed by atoms with Gasteiger partial charge in [0, 0.05) is 36.6 Å². The SMILES string of the molecule is Cc1cscc1-c1nc(N2CCNC(C)C2)n[nH]1. The first-order valence-electron chi connectivity index (χ1n) is 6.18. The van der Waals surface area contributed by atoms with Gasteiger partial charge < -0.3 is 10.2 Å². The van der Waals surface area contributed by atoms with E-state index in [0.717, 1.165) is 37.0 Å². The average molecular weight is 263 g/mol. The van der Waals surface area contributed by atoms with Gasteiger partial charge in [-0.15, -0.1) is 5.10 Å². The lowest BCUT2D eigenvalue weighted by Crippen LogP contribution is -2.49. The fourth-order valence-electron chi connectivity index (χ4n) is 2.23. The van der Waals surface area contributed by atoms with Gasteiger partial charge >= 0.3 is 0 Å². The highest BCUT2D eigenvalue weighted by Gasteiger charge is 2.19. The number of H-pyrrole nitrogens is 1. The number of piperazine rings is 1. The summed E-state index contributed by atoms with van der Waals surface area (Å²) in [5, 5.41) is 15.0. The van der Waals surface area contributed by atoms with E-state index in [1.165, 1.54) is 5.56 Å². The number of aromatic amines is 1. The van der Waals surface area contributed by atoms with Crippen molar-refractivity contribution in [2.75, 3.05) is 24.5 Å². The molecule has 1 aliphatic heterocycles. The molecule has 1 atom stereocenters. The number of aryl methyl sites for hydroxylation is 1. The summed E-state index contributed by atoms with van der Waals surface area (Å²) in [6, 6.07) is 0.489. The van der Waals surface area contributed by atoms with Gasteiger partial charge in [-0.05, 0) is 24.8 Å². The molecule has 0 saturated carbocycles. The van der Waals surface area contributed by atoms with Gasteiger partial charge in [0.25, 0.3) is 0 Å². The lowest BCUT2D eigenvalue weighted by Gasteiger charge is -2.30. The Labute approximate surface area is 110 Å². The second-order valence-electron chi connectivity index (χ2n) is 4.75. The molecule has 2 N–H and O–H groups in total. The van der Waals surface area contributed by atoms with Gasteiger partial charge in [0.05, 0.1) is 0 Å². The van der Waals surface area contributed by atoms with Crippen LogP contribution in [0.1, 0.15) is 12.5 Å². The van der Waals surface area contributed by atoms with Crippen molar-refractivity contribution in [2.24, 2.45) is 0 Å². The molecule has 2 aromatic rings. The molecular formula is C12H17N5S. The summed E-state index contributed by atoms with van der Waals surface area (Å²) >= 11 is 1.69. The van der Waals surface area contributed by atoms with Crippen molar-refractivity contribution in [1.82, 2.24) is 20.5 Å². The second-order valence-corrected chi connectivity index (χ2v) is 5.50. The van der Waals surface area contributed by atoms with Crippen LogP contribution in [0.2, 0.25) is 0 Å². The fourth-order valence-corrected chi connectivity index (χ4v) is 3.06. The molecule has 5 nitrogen and oxygen atoms in total. The van der Waals surface area contributed by atoms with E-state index in [4.69, 9.17) is 0 Å². The van der Waals surface area contributed by atoms with Crippen molar-refractivity contribution >= 4 is 17.3 Å². The van der Waals surface area contributed by atoms with Gasteiger partial charge in [0.1, 0.15) is 0 Å². The lowest BCUT2D eigenvalue weighted by atomic mass is 10.2. The van der Waals surface area contributed by atoms with Gasteiger partial charge in [-0.1, -0.05) is 0 Å². The van der Waals surface area contributed by atoms with Crippen LogP contribution in [0.4, 0.5) is 5.95 Å². The Morgan fingerprint density at radius 1 is 1.44 bits per heavy atom. The van der Waals surface area contributed by atoms with Crippen molar-refractivity contribution in [3.63, 3.8) is 0 Å². The van der Waals surface area contributed by atoms with Crippen molar-refractivity contribution in [2.45, 2.75) is 19.9 Å². The van der Waals surface area contributed by atoms with E-state index in [1.54, 1.807) is 11.3 Å². The minimum atomic E-state index is 0.489.